The standard InChI is InChI=1S/C17H24N6/c1-3-22-8-10-23(11-9-22)17-20-14(2)12-16(21-17)19-13-15-4-6-18-7-5-15/h4-7,12H,3,8-11,13H2,1-2H3,(H,19,20,21). The van der Waals surface area contributed by atoms with Crippen LogP contribution in [-0.2, 0) is 6.54 Å². The normalized spacial score (nSPS) is 15.7. The van der Waals surface area contributed by atoms with Gasteiger partial charge >= 0.3 is 0 Å². The molecule has 0 unspecified atom stereocenters. The van der Waals surface area contributed by atoms with Crippen molar-refractivity contribution in [1.29, 1.82) is 0 Å². The van der Waals surface area contributed by atoms with Crippen LogP contribution in [0.2, 0.25) is 0 Å². The topological polar surface area (TPSA) is 57.2 Å². The lowest BCUT2D eigenvalue weighted by molar-refractivity contribution is 0.270. The molecule has 1 aliphatic rings. The number of aryl methyl sites for hydroxylation is 1. The molecule has 122 valence electrons. The summed E-state index contributed by atoms with van der Waals surface area (Å²) in [6.07, 6.45) is 3.61. The molecule has 0 amide bonds. The van der Waals surface area contributed by atoms with Crippen LogP contribution in [0.4, 0.5) is 11.8 Å². The van der Waals surface area contributed by atoms with Crippen molar-refractivity contribution in [2.24, 2.45) is 0 Å². The third-order valence-electron chi connectivity index (χ3n) is 4.17. The van der Waals surface area contributed by atoms with Crippen LogP contribution in [0, 0.1) is 6.92 Å². The highest BCUT2D eigenvalue weighted by Gasteiger charge is 2.18. The minimum atomic E-state index is 0.738. The van der Waals surface area contributed by atoms with E-state index in [1.165, 1.54) is 5.56 Å². The molecular formula is C17H24N6. The maximum absolute atomic E-state index is 4.69. The quantitative estimate of drug-likeness (QED) is 0.910. The lowest BCUT2D eigenvalue weighted by atomic mass is 10.3. The van der Waals surface area contributed by atoms with E-state index < -0.39 is 0 Å². The Hall–Kier alpha value is -2.21. The van der Waals surface area contributed by atoms with Crippen molar-refractivity contribution < 1.29 is 0 Å². The molecule has 0 atom stereocenters. The highest BCUT2D eigenvalue weighted by atomic mass is 15.3. The molecule has 0 aliphatic carbocycles. The van der Waals surface area contributed by atoms with Crippen molar-refractivity contribution in [3.05, 3.63) is 41.9 Å². The van der Waals surface area contributed by atoms with Crippen molar-refractivity contribution in [2.75, 3.05) is 42.9 Å². The maximum Gasteiger partial charge on any atom is 0.227 e. The number of hydrogen-bond donors (Lipinski definition) is 1. The molecular weight excluding hydrogens is 288 g/mol. The molecule has 0 aromatic carbocycles. The molecule has 6 nitrogen and oxygen atoms in total. The van der Waals surface area contributed by atoms with E-state index in [0.717, 1.165) is 56.7 Å². The van der Waals surface area contributed by atoms with Crippen LogP contribution < -0.4 is 10.2 Å². The first-order valence-corrected chi connectivity index (χ1v) is 8.20. The van der Waals surface area contributed by atoms with Crippen LogP contribution in [-0.4, -0.2) is 52.6 Å². The third kappa shape index (κ3) is 4.16. The number of aromatic nitrogens is 3. The van der Waals surface area contributed by atoms with E-state index >= 15 is 0 Å². The van der Waals surface area contributed by atoms with Crippen LogP contribution in [0.5, 0.6) is 0 Å². The van der Waals surface area contributed by atoms with Gasteiger partial charge in [0.2, 0.25) is 5.95 Å². The summed E-state index contributed by atoms with van der Waals surface area (Å²) in [6, 6.07) is 6.00. The molecule has 0 spiro atoms. The second-order valence-corrected chi connectivity index (χ2v) is 5.82. The van der Waals surface area contributed by atoms with Gasteiger partial charge in [-0.3, -0.25) is 4.98 Å². The Labute approximate surface area is 137 Å². The van der Waals surface area contributed by atoms with Crippen LogP contribution in [0.15, 0.2) is 30.6 Å². The number of pyridine rings is 1. The molecule has 1 N–H and O–H groups in total. The minimum Gasteiger partial charge on any atom is -0.366 e. The first kappa shape index (κ1) is 15.7. The van der Waals surface area contributed by atoms with Crippen molar-refractivity contribution >= 4 is 11.8 Å². The van der Waals surface area contributed by atoms with Crippen LogP contribution in [0.1, 0.15) is 18.2 Å². The van der Waals surface area contributed by atoms with Gasteiger partial charge in [-0.15, -0.1) is 0 Å². The molecule has 2 aromatic rings. The molecule has 2 aromatic heterocycles. The molecule has 3 rings (SSSR count). The largest absolute Gasteiger partial charge is 0.366 e. The summed E-state index contributed by atoms with van der Waals surface area (Å²) in [5.74, 6) is 1.71. The lowest BCUT2D eigenvalue weighted by Crippen LogP contribution is -2.46. The van der Waals surface area contributed by atoms with Gasteiger partial charge < -0.3 is 15.1 Å². The van der Waals surface area contributed by atoms with Crippen LogP contribution in [0.3, 0.4) is 0 Å². The van der Waals surface area contributed by atoms with E-state index in [1.54, 1.807) is 12.4 Å². The Bertz CT molecular complexity index is 622. The Morgan fingerprint density at radius 2 is 1.83 bits per heavy atom. The number of piperazine rings is 1. The van der Waals surface area contributed by atoms with Gasteiger partial charge in [-0.05, 0) is 31.2 Å². The maximum atomic E-state index is 4.69. The monoisotopic (exact) mass is 312 g/mol. The number of nitrogens with zero attached hydrogens (tertiary/aromatic N) is 5. The Kier molecular flexibility index (Phi) is 5.02. The fourth-order valence-corrected chi connectivity index (χ4v) is 2.74. The second-order valence-electron chi connectivity index (χ2n) is 5.82. The van der Waals surface area contributed by atoms with Crippen LogP contribution in [0.25, 0.3) is 0 Å². The smallest absolute Gasteiger partial charge is 0.227 e. The lowest BCUT2D eigenvalue weighted by Gasteiger charge is -2.34. The summed E-state index contributed by atoms with van der Waals surface area (Å²) in [5, 5.41) is 3.39. The van der Waals surface area contributed by atoms with E-state index in [1.807, 2.05) is 25.1 Å². The van der Waals surface area contributed by atoms with E-state index in [2.05, 4.69) is 32.0 Å². The van der Waals surface area contributed by atoms with Gasteiger partial charge in [0.05, 0.1) is 0 Å². The van der Waals surface area contributed by atoms with Gasteiger partial charge in [0.1, 0.15) is 5.82 Å². The molecule has 6 heteroatoms. The van der Waals surface area contributed by atoms with E-state index in [0.29, 0.717) is 0 Å². The highest BCUT2D eigenvalue weighted by Crippen LogP contribution is 2.16. The molecule has 0 saturated carbocycles. The zero-order valence-electron chi connectivity index (χ0n) is 13.9. The van der Waals surface area contributed by atoms with E-state index in [9.17, 15) is 0 Å². The van der Waals surface area contributed by atoms with Gasteiger partial charge in [0, 0.05) is 56.9 Å². The fraction of sp³-hybridized carbons (Fsp3) is 0.471. The van der Waals surface area contributed by atoms with Gasteiger partial charge in [-0.2, -0.15) is 4.98 Å². The first-order valence-electron chi connectivity index (χ1n) is 8.20. The molecule has 3 heterocycles. The van der Waals surface area contributed by atoms with Crippen molar-refractivity contribution in [2.45, 2.75) is 20.4 Å². The molecule has 1 fully saturated rings. The second kappa shape index (κ2) is 7.37. The van der Waals surface area contributed by atoms with Gasteiger partial charge in [0.15, 0.2) is 0 Å². The number of anilines is 2. The van der Waals surface area contributed by atoms with Gasteiger partial charge in [-0.1, -0.05) is 6.92 Å². The molecule has 1 saturated heterocycles. The first-order chi connectivity index (χ1) is 11.2. The van der Waals surface area contributed by atoms with Gasteiger partial charge in [-0.25, -0.2) is 4.98 Å². The van der Waals surface area contributed by atoms with E-state index in [4.69, 9.17) is 4.98 Å². The SMILES string of the molecule is CCN1CCN(c2nc(C)cc(NCc3ccncc3)n2)CC1. The summed E-state index contributed by atoms with van der Waals surface area (Å²) >= 11 is 0. The molecule has 0 bridgehead atoms. The minimum absolute atomic E-state index is 0.738. The number of hydrogen-bond acceptors (Lipinski definition) is 6. The summed E-state index contributed by atoms with van der Waals surface area (Å²) in [7, 11) is 0. The van der Waals surface area contributed by atoms with Gasteiger partial charge in [0.25, 0.3) is 0 Å². The predicted molar refractivity (Wildman–Crippen MR) is 92.7 cm³/mol. The van der Waals surface area contributed by atoms with Crippen LogP contribution >= 0.6 is 0 Å². The average molecular weight is 312 g/mol. The molecule has 23 heavy (non-hydrogen) atoms. The third-order valence-corrected chi connectivity index (χ3v) is 4.17. The highest BCUT2D eigenvalue weighted by molar-refractivity contribution is 5.44. The summed E-state index contributed by atoms with van der Waals surface area (Å²) < 4.78 is 0. The Morgan fingerprint density at radius 3 is 2.52 bits per heavy atom. The van der Waals surface area contributed by atoms with Crippen molar-refractivity contribution in [1.82, 2.24) is 19.9 Å². The fourth-order valence-electron chi connectivity index (χ4n) is 2.74. The number of likely N-dealkylation sites (N-methyl/N-ethyl adjacent to an activating group) is 1. The van der Waals surface area contributed by atoms with Crippen molar-refractivity contribution in [3.63, 3.8) is 0 Å². The molecule has 1 aliphatic heterocycles. The average Bonchev–Trinajstić information content (AvgIpc) is 2.60. The molecule has 0 radical (unpaired) electrons. The van der Waals surface area contributed by atoms with E-state index in [-0.39, 0.29) is 0 Å². The zero-order valence-corrected chi connectivity index (χ0v) is 13.9. The van der Waals surface area contributed by atoms with Crippen molar-refractivity contribution in [3.8, 4) is 0 Å². The predicted octanol–water partition coefficient (Wildman–Crippen LogP) is 1.93. The summed E-state index contributed by atoms with van der Waals surface area (Å²) in [5.41, 5.74) is 2.18. The Balaban J connectivity index is 1.67. The zero-order chi connectivity index (χ0) is 16.1. The summed E-state index contributed by atoms with van der Waals surface area (Å²) in [6.45, 7) is 10.2. The number of nitrogens with one attached hydrogen (secondary N) is 1. The summed E-state index contributed by atoms with van der Waals surface area (Å²) in [4.78, 5) is 18.1. The Morgan fingerprint density at radius 1 is 1.09 bits per heavy atom. The number of rotatable bonds is 5.